The first-order valence-corrected chi connectivity index (χ1v) is 11.1. The molecule has 1 aliphatic rings. The topological polar surface area (TPSA) is 65.5 Å². The molecule has 0 bridgehead atoms. The molecule has 0 aliphatic carbocycles. The Balaban J connectivity index is 1.23. The van der Waals surface area contributed by atoms with Crippen molar-refractivity contribution in [3.05, 3.63) is 65.2 Å². The second kappa shape index (κ2) is 9.36. The number of para-hydroxylation sites is 1. The van der Waals surface area contributed by atoms with Crippen molar-refractivity contribution in [1.82, 2.24) is 20.1 Å². The number of hydrogen-bond donors (Lipinski definition) is 1. The number of benzene rings is 2. The quantitative estimate of drug-likeness (QED) is 0.663. The van der Waals surface area contributed by atoms with E-state index in [1.54, 1.807) is 16.2 Å². The van der Waals surface area contributed by atoms with E-state index < -0.39 is 0 Å². The number of fused-ring (bicyclic) bond motifs is 1. The number of likely N-dealkylation sites (N-methyl/N-ethyl adjacent to an activating group) is 1. The Labute approximate surface area is 180 Å². The molecule has 156 valence electrons. The minimum absolute atomic E-state index is 0.0271. The predicted octanol–water partition coefficient (Wildman–Crippen LogP) is 3.15. The molecule has 1 aromatic heterocycles. The first kappa shape index (κ1) is 20.5. The average molecular weight is 423 g/mol. The summed E-state index contributed by atoms with van der Waals surface area (Å²) in [5.41, 5.74) is 1.67. The Morgan fingerprint density at radius 3 is 2.53 bits per heavy atom. The Hall–Kier alpha value is -2.77. The molecule has 30 heavy (non-hydrogen) atoms. The molecular weight excluding hydrogens is 396 g/mol. The van der Waals surface area contributed by atoms with E-state index in [2.05, 4.69) is 21.3 Å². The molecule has 2 aromatic carbocycles. The van der Waals surface area contributed by atoms with E-state index in [0.717, 1.165) is 41.2 Å². The number of amides is 2. The average Bonchev–Trinajstić information content (AvgIpc) is 3.18. The van der Waals surface area contributed by atoms with Gasteiger partial charge in [0, 0.05) is 31.7 Å². The van der Waals surface area contributed by atoms with Crippen molar-refractivity contribution < 1.29 is 9.59 Å². The lowest BCUT2D eigenvalue weighted by Crippen LogP contribution is -2.47. The van der Waals surface area contributed by atoms with E-state index in [-0.39, 0.29) is 17.9 Å². The van der Waals surface area contributed by atoms with Gasteiger partial charge in [0.15, 0.2) is 0 Å². The van der Waals surface area contributed by atoms with Crippen molar-refractivity contribution in [2.45, 2.75) is 25.4 Å². The Kier molecular flexibility index (Phi) is 6.40. The molecule has 1 fully saturated rings. The molecule has 6 nitrogen and oxygen atoms in total. The molecule has 4 rings (SSSR count). The summed E-state index contributed by atoms with van der Waals surface area (Å²) in [5.74, 6) is 0.0710. The summed E-state index contributed by atoms with van der Waals surface area (Å²) < 4.78 is 1.15. The zero-order valence-electron chi connectivity index (χ0n) is 17.1. The van der Waals surface area contributed by atoms with E-state index in [1.165, 1.54) is 0 Å². The third kappa shape index (κ3) is 5.04. The van der Waals surface area contributed by atoms with Crippen molar-refractivity contribution in [2.75, 3.05) is 26.7 Å². The van der Waals surface area contributed by atoms with E-state index in [9.17, 15) is 9.59 Å². The van der Waals surface area contributed by atoms with Crippen LogP contribution in [-0.2, 0) is 11.3 Å². The lowest BCUT2D eigenvalue weighted by molar-refractivity contribution is -0.131. The highest BCUT2D eigenvalue weighted by Crippen LogP contribution is 2.22. The molecule has 1 saturated heterocycles. The van der Waals surface area contributed by atoms with Crippen molar-refractivity contribution in [1.29, 1.82) is 0 Å². The number of thiazole rings is 1. The maximum Gasteiger partial charge on any atom is 0.251 e. The standard InChI is InChI=1S/C23H26N4O2S/c1-26(15-21-25-19-9-5-6-10-20(19)30-21)22(28)16-27-13-11-18(12-14-27)24-23(29)17-7-3-2-4-8-17/h2-10,18H,11-16H2,1H3,(H,24,29). The summed E-state index contributed by atoms with van der Waals surface area (Å²) in [5, 5.41) is 4.06. The molecule has 1 aliphatic heterocycles. The van der Waals surface area contributed by atoms with Crippen molar-refractivity contribution in [3.8, 4) is 0 Å². The zero-order chi connectivity index (χ0) is 20.9. The SMILES string of the molecule is CN(Cc1nc2ccccc2s1)C(=O)CN1CCC(NC(=O)c2ccccc2)CC1. The molecule has 0 spiro atoms. The summed E-state index contributed by atoms with van der Waals surface area (Å²) in [7, 11) is 1.83. The second-order valence-corrected chi connectivity index (χ2v) is 8.83. The van der Waals surface area contributed by atoms with Gasteiger partial charge in [-0.3, -0.25) is 14.5 Å². The molecule has 1 N–H and O–H groups in total. The summed E-state index contributed by atoms with van der Waals surface area (Å²) in [6.07, 6.45) is 1.71. The molecule has 7 heteroatoms. The van der Waals surface area contributed by atoms with Crippen LogP contribution in [0, 0.1) is 0 Å². The highest BCUT2D eigenvalue weighted by Gasteiger charge is 2.23. The van der Waals surface area contributed by atoms with Gasteiger partial charge in [-0.2, -0.15) is 0 Å². The smallest absolute Gasteiger partial charge is 0.251 e. The maximum atomic E-state index is 12.7. The Morgan fingerprint density at radius 1 is 1.10 bits per heavy atom. The molecular formula is C23H26N4O2S. The van der Waals surface area contributed by atoms with E-state index in [0.29, 0.717) is 18.7 Å². The molecule has 3 aromatic rings. The van der Waals surface area contributed by atoms with Crippen LogP contribution in [0.4, 0.5) is 0 Å². The van der Waals surface area contributed by atoms with Gasteiger partial charge in [-0.05, 0) is 37.1 Å². The molecule has 2 amide bonds. The highest BCUT2D eigenvalue weighted by atomic mass is 32.1. The van der Waals surface area contributed by atoms with Gasteiger partial charge in [-0.1, -0.05) is 30.3 Å². The number of aromatic nitrogens is 1. The highest BCUT2D eigenvalue weighted by molar-refractivity contribution is 7.18. The summed E-state index contributed by atoms with van der Waals surface area (Å²) in [6.45, 7) is 2.55. The molecule has 0 radical (unpaired) electrons. The largest absolute Gasteiger partial charge is 0.349 e. The molecule has 0 atom stereocenters. The van der Waals surface area contributed by atoms with Crippen LogP contribution in [0.3, 0.4) is 0 Å². The van der Waals surface area contributed by atoms with E-state index in [4.69, 9.17) is 0 Å². The molecule has 0 saturated carbocycles. The maximum absolute atomic E-state index is 12.7. The van der Waals surface area contributed by atoms with Crippen LogP contribution in [0.25, 0.3) is 10.2 Å². The number of carbonyl (C=O) groups excluding carboxylic acids is 2. The van der Waals surface area contributed by atoms with Gasteiger partial charge in [-0.15, -0.1) is 11.3 Å². The second-order valence-electron chi connectivity index (χ2n) is 7.72. The van der Waals surface area contributed by atoms with Crippen LogP contribution in [0.15, 0.2) is 54.6 Å². The lowest BCUT2D eigenvalue weighted by Gasteiger charge is -2.32. The van der Waals surface area contributed by atoms with Crippen LogP contribution >= 0.6 is 11.3 Å². The first-order chi connectivity index (χ1) is 14.6. The van der Waals surface area contributed by atoms with Crippen molar-refractivity contribution >= 4 is 33.4 Å². The number of nitrogens with one attached hydrogen (secondary N) is 1. The predicted molar refractivity (Wildman–Crippen MR) is 119 cm³/mol. The lowest BCUT2D eigenvalue weighted by atomic mass is 10.0. The monoisotopic (exact) mass is 422 g/mol. The number of likely N-dealkylation sites (tertiary alicyclic amines) is 1. The fourth-order valence-corrected chi connectivity index (χ4v) is 4.71. The summed E-state index contributed by atoms with van der Waals surface area (Å²) in [4.78, 5) is 33.5. The number of hydrogen-bond acceptors (Lipinski definition) is 5. The van der Waals surface area contributed by atoms with Gasteiger partial charge in [0.25, 0.3) is 5.91 Å². The number of piperidine rings is 1. The zero-order valence-corrected chi connectivity index (χ0v) is 17.9. The minimum Gasteiger partial charge on any atom is -0.349 e. The van der Waals surface area contributed by atoms with Crippen molar-refractivity contribution in [2.24, 2.45) is 0 Å². The minimum atomic E-state index is -0.0271. The number of rotatable bonds is 6. The molecule has 2 heterocycles. The third-order valence-corrected chi connectivity index (χ3v) is 6.48. The Morgan fingerprint density at radius 2 is 1.80 bits per heavy atom. The van der Waals surface area contributed by atoms with Crippen LogP contribution in [-0.4, -0.2) is 59.3 Å². The van der Waals surface area contributed by atoms with Crippen LogP contribution in [0.1, 0.15) is 28.2 Å². The first-order valence-electron chi connectivity index (χ1n) is 10.2. The Bertz CT molecular complexity index is 979. The number of nitrogens with zero attached hydrogens (tertiary/aromatic N) is 3. The van der Waals surface area contributed by atoms with Crippen LogP contribution in [0.2, 0.25) is 0 Å². The number of carbonyl (C=O) groups is 2. The van der Waals surface area contributed by atoms with Gasteiger partial charge in [0.2, 0.25) is 5.91 Å². The normalized spacial score (nSPS) is 15.2. The molecule has 0 unspecified atom stereocenters. The fourth-order valence-electron chi connectivity index (χ4n) is 3.68. The fraction of sp³-hybridized carbons (Fsp3) is 0.348. The van der Waals surface area contributed by atoms with Gasteiger partial charge in [-0.25, -0.2) is 4.98 Å². The summed E-state index contributed by atoms with van der Waals surface area (Å²) in [6, 6.07) is 17.5. The van der Waals surface area contributed by atoms with Crippen LogP contribution < -0.4 is 5.32 Å². The van der Waals surface area contributed by atoms with E-state index in [1.807, 2.05) is 55.6 Å². The summed E-state index contributed by atoms with van der Waals surface area (Å²) >= 11 is 1.63. The van der Waals surface area contributed by atoms with Gasteiger partial charge in [0.05, 0.1) is 23.3 Å². The van der Waals surface area contributed by atoms with Crippen molar-refractivity contribution in [3.63, 3.8) is 0 Å². The third-order valence-electron chi connectivity index (χ3n) is 5.45. The van der Waals surface area contributed by atoms with Crippen LogP contribution in [0.5, 0.6) is 0 Å². The van der Waals surface area contributed by atoms with Gasteiger partial charge < -0.3 is 10.2 Å². The van der Waals surface area contributed by atoms with Gasteiger partial charge >= 0.3 is 0 Å². The van der Waals surface area contributed by atoms with Gasteiger partial charge in [0.1, 0.15) is 5.01 Å². The van der Waals surface area contributed by atoms with E-state index >= 15 is 0 Å².